The maximum atomic E-state index is 11.2. The van der Waals surface area contributed by atoms with Gasteiger partial charge >= 0.3 is 5.97 Å². The Hall–Kier alpha value is -0.680. The number of esters is 1. The summed E-state index contributed by atoms with van der Waals surface area (Å²) in [6, 6.07) is 0. The van der Waals surface area contributed by atoms with E-state index < -0.39 is 11.1 Å². The maximum Gasteiger partial charge on any atom is 0.333 e. The van der Waals surface area contributed by atoms with Crippen molar-refractivity contribution in [1.29, 1.82) is 0 Å². The molecule has 0 aliphatic heterocycles. The predicted molar refractivity (Wildman–Crippen MR) is 55.9 cm³/mol. The van der Waals surface area contributed by atoms with Crippen LogP contribution in [0, 0.1) is 0 Å². The summed E-state index contributed by atoms with van der Waals surface area (Å²) >= 11 is -2.00. The molecule has 5 heteroatoms. The van der Waals surface area contributed by atoms with Gasteiger partial charge in [-0.05, 0) is 32.6 Å². The summed E-state index contributed by atoms with van der Waals surface area (Å²) < 4.78 is 26.5. The molecule has 0 saturated heterocycles. The van der Waals surface area contributed by atoms with Gasteiger partial charge < -0.3 is 9.29 Å². The number of carbonyl (C=O) groups excluding carboxylic acids is 1. The van der Waals surface area contributed by atoms with Crippen LogP contribution in [0.5, 0.6) is 0 Å². The lowest BCUT2D eigenvalue weighted by Gasteiger charge is -2.29. The number of ether oxygens (including phenoxy) is 1. The maximum absolute atomic E-state index is 11.2. The molecule has 1 fully saturated rings. The fourth-order valence-electron chi connectivity index (χ4n) is 1.59. The summed E-state index contributed by atoms with van der Waals surface area (Å²) in [5.41, 5.74) is 0.379. The third kappa shape index (κ3) is 3.76. The highest BCUT2D eigenvalue weighted by Gasteiger charge is 2.24. The topological polar surface area (TPSA) is 66.4 Å². The molecule has 1 aliphatic rings. The summed E-state index contributed by atoms with van der Waals surface area (Å²) in [7, 11) is 0. The standard InChI is InChI=1S/C10H16O4S/c1-7(2)10(11)14-8-3-5-9(6-4-8)15(12)13/h8-9H,1,3-6H2,2H3,(H,12,13)/p-1. The second-order valence-electron chi connectivity index (χ2n) is 3.84. The van der Waals surface area contributed by atoms with E-state index in [1.165, 1.54) is 0 Å². The van der Waals surface area contributed by atoms with Crippen LogP contribution in [0.1, 0.15) is 32.6 Å². The first kappa shape index (κ1) is 12.4. The number of rotatable bonds is 3. The van der Waals surface area contributed by atoms with Crippen molar-refractivity contribution < 1.29 is 18.3 Å². The summed E-state index contributed by atoms with van der Waals surface area (Å²) in [6.07, 6.45) is 2.25. The first-order valence-electron chi connectivity index (χ1n) is 4.95. The molecule has 0 aromatic rings. The minimum absolute atomic E-state index is 0.144. The van der Waals surface area contributed by atoms with Crippen molar-refractivity contribution in [3.8, 4) is 0 Å². The van der Waals surface area contributed by atoms with E-state index in [2.05, 4.69) is 6.58 Å². The molecule has 0 heterocycles. The first-order chi connectivity index (χ1) is 7.00. The minimum Gasteiger partial charge on any atom is -0.772 e. The second-order valence-corrected chi connectivity index (χ2v) is 5.03. The van der Waals surface area contributed by atoms with E-state index in [4.69, 9.17) is 4.74 Å². The van der Waals surface area contributed by atoms with Crippen LogP contribution in [0.25, 0.3) is 0 Å². The van der Waals surface area contributed by atoms with Crippen LogP contribution in [0.2, 0.25) is 0 Å². The van der Waals surface area contributed by atoms with E-state index in [9.17, 15) is 13.6 Å². The van der Waals surface area contributed by atoms with E-state index >= 15 is 0 Å². The summed E-state index contributed by atoms with van der Waals surface area (Å²) in [6.45, 7) is 5.09. The van der Waals surface area contributed by atoms with Crippen LogP contribution in [0.15, 0.2) is 12.2 Å². The van der Waals surface area contributed by atoms with Gasteiger partial charge in [0.15, 0.2) is 0 Å². The van der Waals surface area contributed by atoms with E-state index in [0.29, 0.717) is 31.3 Å². The average molecular weight is 231 g/mol. The number of carbonyl (C=O) groups is 1. The number of hydrogen-bond donors (Lipinski definition) is 0. The monoisotopic (exact) mass is 231 g/mol. The molecule has 0 radical (unpaired) electrons. The van der Waals surface area contributed by atoms with Crippen LogP contribution in [-0.4, -0.2) is 26.1 Å². The molecule has 1 rings (SSSR count). The van der Waals surface area contributed by atoms with Crippen molar-refractivity contribution in [3.63, 3.8) is 0 Å². The Morgan fingerprint density at radius 1 is 1.40 bits per heavy atom. The summed E-state index contributed by atoms with van der Waals surface area (Å²) in [4.78, 5) is 11.2. The van der Waals surface area contributed by atoms with Crippen molar-refractivity contribution in [2.45, 2.75) is 44.0 Å². The van der Waals surface area contributed by atoms with E-state index in [-0.39, 0.29) is 17.3 Å². The van der Waals surface area contributed by atoms with Gasteiger partial charge in [0.05, 0.1) is 0 Å². The van der Waals surface area contributed by atoms with Crippen molar-refractivity contribution in [3.05, 3.63) is 12.2 Å². The zero-order chi connectivity index (χ0) is 11.4. The van der Waals surface area contributed by atoms with Gasteiger partial charge in [0, 0.05) is 10.8 Å². The lowest BCUT2D eigenvalue weighted by Crippen LogP contribution is -2.29. The van der Waals surface area contributed by atoms with Crippen LogP contribution >= 0.6 is 0 Å². The van der Waals surface area contributed by atoms with Gasteiger partial charge in [-0.1, -0.05) is 17.7 Å². The third-order valence-electron chi connectivity index (χ3n) is 2.52. The van der Waals surface area contributed by atoms with Crippen molar-refractivity contribution in [1.82, 2.24) is 0 Å². The molecule has 1 aliphatic carbocycles. The molecular weight excluding hydrogens is 216 g/mol. The second kappa shape index (κ2) is 5.42. The molecule has 1 saturated carbocycles. The van der Waals surface area contributed by atoms with E-state index in [0.717, 1.165) is 0 Å². The highest BCUT2D eigenvalue weighted by Crippen LogP contribution is 2.24. The van der Waals surface area contributed by atoms with Gasteiger partial charge in [-0.2, -0.15) is 0 Å². The molecule has 86 valence electrons. The number of hydrogen-bond acceptors (Lipinski definition) is 4. The highest BCUT2D eigenvalue weighted by molar-refractivity contribution is 7.79. The quantitative estimate of drug-likeness (QED) is 0.417. The molecule has 0 aromatic carbocycles. The van der Waals surface area contributed by atoms with Crippen LogP contribution in [-0.2, 0) is 20.6 Å². The van der Waals surface area contributed by atoms with Crippen LogP contribution in [0.3, 0.4) is 0 Å². The third-order valence-corrected chi connectivity index (χ3v) is 3.53. The predicted octanol–water partition coefficient (Wildman–Crippen LogP) is 1.30. The SMILES string of the molecule is C=C(C)C(=O)OC1CCC(S(=O)[O-])CC1. The van der Waals surface area contributed by atoms with Crippen molar-refractivity contribution >= 4 is 17.0 Å². The molecule has 0 bridgehead atoms. The Kier molecular flexibility index (Phi) is 4.47. The van der Waals surface area contributed by atoms with Gasteiger partial charge in [0.1, 0.15) is 6.10 Å². The Morgan fingerprint density at radius 2 is 1.93 bits per heavy atom. The van der Waals surface area contributed by atoms with Gasteiger partial charge in [-0.25, -0.2) is 4.79 Å². The fraction of sp³-hybridized carbons (Fsp3) is 0.700. The Morgan fingerprint density at radius 3 is 2.33 bits per heavy atom. The smallest absolute Gasteiger partial charge is 0.333 e. The van der Waals surface area contributed by atoms with E-state index in [1.807, 2.05) is 0 Å². The molecular formula is C10H15O4S-. The van der Waals surface area contributed by atoms with Crippen LogP contribution in [0.4, 0.5) is 0 Å². The lowest BCUT2D eigenvalue weighted by atomic mass is 9.97. The lowest BCUT2D eigenvalue weighted by molar-refractivity contribution is -0.145. The molecule has 0 N–H and O–H groups in total. The highest BCUT2D eigenvalue weighted by atomic mass is 32.2. The minimum atomic E-state index is -2.00. The average Bonchev–Trinajstić information content (AvgIpc) is 2.18. The zero-order valence-electron chi connectivity index (χ0n) is 8.73. The Labute approximate surface area is 92.0 Å². The fourth-order valence-corrected chi connectivity index (χ4v) is 2.25. The van der Waals surface area contributed by atoms with Gasteiger partial charge in [0.2, 0.25) is 0 Å². The van der Waals surface area contributed by atoms with Crippen molar-refractivity contribution in [2.75, 3.05) is 0 Å². The molecule has 0 aromatic heterocycles. The summed E-state index contributed by atoms with van der Waals surface area (Å²) in [5, 5.41) is -0.273. The molecule has 1 unspecified atom stereocenters. The first-order valence-corrected chi connectivity index (χ1v) is 6.09. The molecule has 4 nitrogen and oxygen atoms in total. The largest absolute Gasteiger partial charge is 0.772 e. The normalized spacial score (nSPS) is 28.1. The zero-order valence-corrected chi connectivity index (χ0v) is 9.55. The Bertz CT molecular complexity index is 279. The molecule has 1 atom stereocenters. The molecule has 0 amide bonds. The van der Waals surface area contributed by atoms with Gasteiger partial charge in [-0.3, -0.25) is 4.21 Å². The molecule has 0 spiro atoms. The van der Waals surface area contributed by atoms with Gasteiger partial charge in [0.25, 0.3) is 0 Å². The van der Waals surface area contributed by atoms with Gasteiger partial charge in [-0.15, -0.1) is 0 Å². The summed E-state index contributed by atoms with van der Waals surface area (Å²) in [5.74, 6) is -0.387. The van der Waals surface area contributed by atoms with Crippen LogP contribution < -0.4 is 0 Å². The molecule has 15 heavy (non-hydrogen) atoms. The Balaban J connectivity index is 2.35. The van der Waals surface area contributed by atoms with Crippen molar-refractivity contribution in [2.24, 2.45) is 0 Å². The van der Waals surface area contributed by atoms with E-state index in [1.54, 1.807) is 6.92 Å².